The van der Waals surface area contributed by atoms with Crippen LogP contribution in [0.3, 0.4) is 0 Å². The summed E-state index contributed by atoms with van der Waals surface area (Å²) >= 11 is 0. The van der Waals surface area contributed by atoms with Crippen LogP contribution in [0.4, 0.5) is 0 Å². The van der Waals surface area contributed by atoms with E-state index in [2.05, 4.69) is 12.8 Å². The van der Waals surface area contributed by atoms with Gasteiger partial charge in [0, 0.05) is 6.54 Å². The number of terminal acetylenes is 1. The van der Waals surface area contributed by atoms with Gasteiger partial charge in [-0.15, -0.1) is 6.42 Å². The molecule has 0 saturated carbocycles. The topological polar surface area (TPSA) is 40.5 Å². The number of carbonyl (C=O) groups is 1. The van der Waals surface area contributed by atoms with Crippen molar-refractivity contribution in [3.05, 3.63) is 0 Å². The van der Waals surface area contributed by atoms with Gasteiger partial charge in [0.05, 0.1) is 6.54 Å². The van der Waals surface area contributed by atoms with Crippen LogP contribution in [-0.4, -0.2) is 35.1 Å². The third-order valence-corrected chi connectivity index (χ3v) is 2.98. The zero-order valence-electron chi connectivity index (χ0n) is 8.57. The summed E-state index contributed by atoms with van der Waals surface area (Å²) in [7, 11) is 0. The molecule has 1 fully saturated rings. The van der Waals surface area contributed by atoms with Crippen molar-refractivity contribution >= 4 is 5.97 Å². The molecule has 1 rings (SSSR count). The van der Waals surface area contributed by atoms with Crippen LogP contribution in [0.15, 0.2) is 0 Å². The fraction of sp³-hybridized carbons (Fsp3) is 0.727. The molecule has 0 spiro atoms. The van der Waals surface area contributed by atoms with Crippen molar-refractivity contribution < 1.29 is 9.90 Å². The van der Waals surface area contributed by atoms with Gasteiger partial charge < -0.3 is 5.11 Å². The first-order valence-electron chi connectivity index (χ1n) is 5.09. The Labute approximate surface area is 85.1 Å². The van der Waals surface area contributed by atoms with E-state index in [1.54, 1.807) is 0 Å². The van der Waals surface area contributed by atoms with Crippen molar-refractivity contribution in [1.82, 2.24) is 4.90 Å². The Morgan fingerprint density at radius 2 is 2.43 bits per heavy atom. The van der Waals surface area contributed by atoms with Crippen LogP contribution in [0.1, 0.15) is 26.2 Å². The van der Waals surface area contributed by atoms with Gasteiger partial charge in [-0.05, 0) is 18.8 Å². The molecule has 2 atom stereocenters. The number of aliphatic carboxylic acids is 1. The molecule has 14 heavy (non-hydrogen) atoms. The Morgan fingerprint density at radius 1 is 1.71 bits per heavy atom. The van der Waals surface area contributed by atoms with Crippen molar-refractivity contribution in [2.75, 3.05) is 13.1 Å². The molecule has 0 aromatic rings. The van der Waals surface area contributed by atoms with Crippen LogP contribution in [0, 0.1) is 18.3 Å². The van der Waals surface area contributed by atoms with Gasteiger partial charge in [-0.1, -0.05) is 19.3 Å². The second kappa shape index (κ2) is 5.02. The van der Waals surface area contributed by atoms with Gasteiger partial charge >= 0.3 is 5.97 Å². The van der Waals surface area contributed by atoms with E-state index >= 15 is 0 Å². The van der Waals surface area contributed by atoms with Gasteiger partial charge in [0.2, 0.25) is 0 Å². The number of hydrogen-bond donors (Lipinski definition) is 1. The number of carboxylic acid groups (broad SMARTS) is 1. The average Bonchev–Trinajstić information content (AvgIpc) is 2.18. The third-order valence-electron chi connectivity index (χ3n) is 2.98. The van der Waals surface area contributed by atoms with Crippen LogP contribution in [0.5, 0.6) is 0 Å². The Kier molecular flexibility index (Phi) is 3.97. The summed E-state index contributed by atoms with van der Waals surface area (Å²) in [6.45, 7) is 3.38. The first-order chi connectivity index (χ1) is 6.69. The summed E-state index contributed by atoms with van der Waals surface area (Å²) in [6.07, 6.45) is 8.08. The minimum Gasteiger partial charge on any atom is -0.480 e. The van der Waals surface area contributed by atoms with Crippen molar-refractivity contribution in [2.24, 2.45) is 5.92 Å². The van der Waals surface area contributed by atoms with E-state index in [1.807, 2.05) is 4.90 Å². The molecule has 1 heterocycles. The zero-order chi connectivity index (χ0) is 10.6. The molecular formula is C11H17NO2. The monoisotopic (exact) mass is 195 g/mol. The van der Waals surface area contributed by atoms with Gasteiger partial charge in [-0.25, -0.2) is 0 Å². The second-order valence-corrected chi connectivity index (χ2v) is 3.83. The number of carboxylic acids is 1. The van der Waals surface area contributed by atoms with Crippen molar-refractivity contribution in [2.45, 2.75) is 32.2 Å². The van der Waals surface area contributed by atoms with E-state index in [9.17, 15) is 4.79 Å². The summed E-state index contributed by atoms with van der Waals surface area (Å²) in [4.78, 5) is 12.9. The second-order valence-electron chi connectivity index (χ2n) is 3.83. The van der Waals surface area contributed by atoms with Gasteiger partial charge in [0.15, 0.2) is 0 Å². The van der Waals surface area contributed by atoms with E-state index < -0.39 is 5.97 Å². The summed E-state index contributed by atoms with van der Waals surface area (Å²) in [5.74, 6) is 2.33. The maximum absolute atomic E-state index is 11.0. The molecule has 1 saturated heterocycles. The lowest BCUT2D eigenvalue weighted by Gasteiger charge is -2.35. The highest BCUT2D eigenvalue weighted by Crippen LogP contribution is 2.25. The molecule has 0 radical (unpaired) electrons. The van der Waals surface area contributed by atoms with Crippen LogP contribution in [0.2, 0.25) is 0 Å². The number of piperidine rings is 1. The third kappa shape index (κ3) is 2.49. The lowest BCUT2D eigenvalue weighted by Crippen LogP contribution is -2.47. The molecule has 1 N–H and O–H groups in total. The largest absolute Gasteiger partial charge is 0.480 e. The predicted molar refractivity (Wildman–Crippen MR) is 54.8 cm³/mol. The van der Waals surface area contributed by atoms with Gasteiger partial charge in [-0.2, -0.15) is 0 Å². The fourth-order valence-corrected chi connectivity index (χ4v) is 2.02. The summed E-state index contributed by atoms with van der Waals surface area (Å²) in [6, 6.07) is -0.371. The number of likely N-dealkylation sites (tertiary alicyclic amines) is 1. The molecule has 0 bridgehead atoms. The van der Waals surface area contributed by atoms with Gasteiger partial charge in [0.25, 0.3) is 0 Å². The minimum absolute atomic E-state index is 0.371. The zero-order valence-corrected chi connectivity index (χ0v) is 8.57. The average molecular weight is 195 g/mol. The molecular weight excluding hydrogens is 178 g/mol. The standard InChI is InChI=1S/C11H17NO2/c1-3-6-12-7-5-9(4-2)8-10(12)11(13)14/h1,9-10H,4-8H2,2H3,(H,13,14). The highest BCUT2D eigenvalue weighted by Gasteiger charge is 2.31. The number of rotatable bonds is 3. The first kappa shape index (κ1) is 11.1. The Bertz CT molecular complexity index is 244. The summed E-state index contributed by atoms with van der Waals surface area (Å²) in [5, 5.41) is 9.04. The minimum atomic E-state index is -0.738. The molecule has 2 unspecified atom stereocenters. The van der Waals surface area contributed by atoms with Crippen LogP contribution in [-0.2, 0) is 4.79 Å². The smallest absolute Gasteiger partial charge is 0.320 e. The highest BCUT2D eigenvalue weighted by atomic mass is 16.4. The fourth-order valence-electron chi connectivity index (χ4n) is 2.02. The molecule has 78 valence electrons. The number of hydrogen-bond acceptors (Lipinski definition) is 2. The van der Waals surface area contributed by atoms with Crippen molar-refractivity contribution in [1.29, 1.82) is 0 Å². The summed E-state index contributed by atoms with van der Waals surface area (Å²) in [5.41, 5.74) is 0. The Hall–Kier alpha value is -1.01. The van der Waals surface area contributed by atoms with Gasteiger partial charge in [-0.3, -0.25) is 9.69 Å². The molecule has 0 aromatic carbocycles. The molecule has 1 aliphatic rings. The van der Waals surface area contributed by atoms with Crippen molar-refractivity contribution in [3.63, 3.8) is 0 Å². The van der Waals surface area contributed by atoms with E-state index in [-0.39, 0.29) is 6.04 Å². The van der Waals surface area contributed by atoms with E-state index in [0.29, 0.717) is 12.5 Å². The quantitative estimate of drug-likeness (QED) is 0.688. The molecule has 0 aromatic heterocycles. The Morgan fingerprint density at radius 3 is 2.93 bits per heavy atom. The maximum atomic E-state index is 11.0. The molecule has 0 aliphatic carbocycles. The van der Waals surface area contributed by atoms with Gasteiger partial charge in [0.1, 0.15) is 6.04 Å². The molecule has 3 heteroatoms. The maximum Gasteiger partial charge on any atom is 0.320 e. The molecule has 3 nitrogen and oxygen atoms in total. The lowest BCUT2D eigenvalue weighted by molar-refractivity contribution is -0.145. The number of nitrogens with zero attached hydrogens (tertiary/aromatic N) is 1. The molecule has 1 aliphatic heterocycles. The predicted octanol–water partition coefficient (Wildman–Crippen LogP) is 1.19. The van der Waals surface area contributed by atoms with E-state index in [4.69, 9.17) is 11.5 Å². The Balaban J connectivity index is 2.61. The van der Waals surface area contributed by atoms with Crippen LogP contribution in [0.25, 0.3) is 0 Å². The van der Waals surface area contributed by atoms with Crippen molar-refractivity contribution in [3.8, 4) is 12.3 Å². The van der Waals surface area contributed by atoms with E-state index in [0.717, 1.165) is 25.8 Å². The van der Waals surface area contributed by atoms with E-state index in [1.165, 1.54) is 0 Å². The lowest BCUT2D eigenvalue weighted by atomic mass is 9.89. The van der Waals surface area contributed by atoms with Crippen LogP contribution >= 0.6 is 0 Å². The summed E-state index contributed by atoms with van der Waals surface area (Å²) < 4.78 is 0. The SMILES string of the molecule is C#CCN1CCC(CC)CC1C(=O)O. The highest BCUT2D eigenvalue weighted by molar-refractivity contribution is 5.73. The first-order valence-corrected chi connectivity index (χ1v) is 5.09. The van der Waals surface area contributed by atoms with Crippen LogP contribution < -0.4 is 0 Å². The molecule has 0 amide bonds. The normalized spacial score (nSPS) is 28.3.